The van der Waals surface area contributed by atoms with Gasteiger partial charge in [0.25, 0.3) is 0 Å². The number of benzene rings is 1. The molecule has 1 fully saturated rings. The Morgan fingerprint density at radius 2 is 2.31 bits per heavy atom. The molecule has 1 N–H and O–H groups in total. The highest BCUT2D eigenvalue weighted by atomic mass is 32.2. The molecule has 1 atom stereocenters. The fraction of sp³-hybridized carbons (Fsp3) is 0.500. The minimum Gasteiger partial charge on any atom is -0.497 e. The summed E-state index contributed by atoms with van der Waals surface area (Å²) in [6, 6.07) is 8.05. The lowest BCUT2D eigenvalue weighted by atomic mass is 10.0. The average molecular weight is 393 g/mol. The van der Waals surface area contributed by atoms with E-state index in [1.54, 1.807) is 7.11 Å². The van der Waals surface area contributed by atoms with Crippen molar-refractivity contribution in [3.8, 4) is 5.75 Å². The second kappa shape index (κ2) is 9.23. The summed E-state index contributed by atoms with van der Waals surface area (Å²) in [5, 5.41) is 12.3. The van der Waals surface area contributed by atoms with Gasteiger partial charge in [-0.2, -0.15) is 0 Å². The van der Waals surface area contributed by atoms with Crippen LogP contribution in [0.15, 0.2) is 28.6 Å². The van der Waals surface area contributed by atoms with Crippen LogP contribution in [0.5, 0.6) is 5.75 Å². The number of ether oxygens (including phenoxy) is 1. The van der Waals surface area contributed by atoms with Gasteiger partial charge in [0.1, 0.15) is 5.75 Å². The molecule has 140 valence electrons. The van der Waals surface area contributed by atoms with Crippen LogP contribution in [-0.4, -0.2) is 46.5 Å². The van der Waals surface area contributed by atoms with Gasteiger partial charge in [0.05, 0.1) is 12.9 Å². The molecule has 6 nitrogen and oxygen atoms in total. The van der Waals surface area contributed by atoms with Crippen LogP contribution in [0.2, 0.25) is 0 Å². The summed E-state index contributed by atoms with van der Waals surface area (Å²) in [5.41, 5.74) is 0.896. The zero-order chi connectivity index (χ0) is 18.4. The predicted molar refractivity (Wildman–Crippen MR) is 107 cm³/mol. The molecular weight excluding hydrogens is 368 g/mol. The molecule has 2 aromatic rings. The maximum Gasteiger partial charge on any atom is 0.233 e. The van der Waals surface area contributed by atoms with Crippen LogP contribution >= 0.6 is 23.1 Å². The maximum atomic E-state index is 12.5. The number of hydrogen-bond acceptors (Lipinski definition) is 7. The van der Waals surface area contributed by atoms with Gasteiger partial charge in [-0.05, 0) is 37.8 Å². The fourth-order valence-electron chi connectivity index (χ4n) is 3.10. The van der Waals surface area contributed by atoms with E-state index in [0.717, 1.165) is 41.6 Å². The van der Waals surface area contributed by atoms with E-state index in [-0.39, 0.29) is 5.91 Å². The zero-order valence-corrected chi connectivity index (χ0v) is 16.7. The van der Waals surface area contributed by atoms with Crippen molar-refractivity contribution in [2.75, 3.05) is 24.7 Å². The van der Waals surface area contributed by atoms with Gasteiger partial charge in [-0.15, -0.1) is 10.2 Å². The molecule has 0 saturated carbocycles. The van der Waals surface area contributed by atoms with Gasteiger partial charge in [-0.1, -0.05) is 36.1 Å². The number of hydrogen-bond donors (Lipinski definition) is 1. The molecule has 8 heteroatoms. The molecule has 1 amide bonds. The number of carbonyl (C=O) groups excluding carboxylic acids is 1. The molecule has 0 radical (unpaired) electrons. The summed E-state index contributed by atoms with van der Waals surface area (Å²) in [5.74, 6) is 1.41. The Hall–Kier alpha value is -1.80. The molecule has 1 aliphatic rings. The summed E-state index contributed by atoms with van der Waals surface area (Å²) in [7, 11) is 1.64. The van der Waals surface area contributed by atoms with E-state index in [2.05, 4.69) is 22.4 Å². The molecule has 1 aromatic carbocycles. The summed E-state index contributed by atoms with van der Waals surface area (Å²) < 4.78 is 6.02. The van der Waals surface area contributed by atoms with E-state index in [1.165, 1.54) is 29.5 Å². The Labute approximate surface area is 162 Å². The number of rotatable bonds is 7. The van der Waals surface area contributed by atoms with Crippen LogP contribution in [0, 0.1) is 0 Å². The van der Waals surface area contributed by atoms with Crippen LogP contribution < -0.4 is 10.1 Å². The lowest BCUT2D eigenvalue weighted by Gasteiger charge is -2.35. The van der Waals surface area contributed by atoms with Gasteiger partial charge < -0.3 is 15.0 Å². The van der Waals surface area contributed by atoms with E-state index >= 15 is 0 Å². The van der Waals surface area contributed by atoms with Crippen LogP contribution in [0.3, 0.4) is 0 Å². The number of carbonyl (C=O) groups is 1. The number of likely N-dealkylation sites (tertiary alicyclic amines) is 1. The fourth-order valence-corrected chi connectivity index (χ4v) is 4.76. The first-order valence-electron chi connectivity index (χ1n) is 8.86. The number of amides is 1. The number of nitrogens with zero attached hydrogens (tertiary/aromatic N) is 3. The van der Waals surface area contributed by atoms with Crippen molar-refractivity contribution in [2.45, 2.75) is 43.0 Å². The largest absolute Gasteiger partial charge is 0.497 e. The van der Waals surface area contributed by atoms with Crippen molar-refractivity contribution in [1.29, 1.82) is 0 Å². The van der Waals surface area contributed by atoms with Crippen molar-refractivity contribution in [3.05, 3.63) is 24.3 Å². The summed E-state index contributed by atoms with van der Waals surface area (Å²) in [4.78, 5) is 14.6. The van der Waals surface area contributed by atoms with Gasteiger partial charge in [-0.3, -0.25) is 4.79 Å². The molecular formula is C18H24N4O2S2. The average Bonchev–Trinajstić information content (AvgIpc) is 3.13. The molecule has 2 heterocycles. The third-order valence-electron chi connectivity index (χ3n) is 4.47. The Balaban J connectivity index is 1.54. The molecule has 1 aromatic heterocycles. The first-order valence-corrected chi connectivity index (χ1v) is 10.7. The van der Waals surface area contributed by atoms with Gasteiger partial charge in [0.15, 0.2) is 4.34 Å². The monoisotopic (exact) mass is 392 g/mol. The Kier molecular flexibility index (Phi) is 6.73. The van der Waals surface area contributed by atoms with E-state index in [0.29, 0.717) is 16.9 Å². The van der Waals surface area contributed by atoms with Crippen LogP contribution in [0.4, 0.5) is 10.8 Å². The van der Waals surface area contributed by atoms with E-state index in [9.17, 15) is 4.79 Å². The topological polar surface area (TPSA) is 67.4 Å². The van der Waals surface area contributed by atoms with Gasteiger partial charge in [-0.25, -0.2) is 0 Å². The number of methoxy groups -OCH3 is 1. The lowest BCUT2D eigenvalue weighted by molar-refractivity contribution is -0.132. The molecule has 1 aliphatic heterocycles. The minimum absolute atomic E-state index is 0.207. The van der Waals surface area contributed by atoms with Crippen molar-refractivity contribution in [3.63, 3.8) is 0 Å². The van der Waals surface area contributed by atoms with E-state index in [1.807, 2.05) is 29.2 Å². The van der Waals surface area contributed by atoms with Gasteiger partial charge >= 0.3 is 0 Å². The quantitative estimate of drug-likeness (QED) is 0.713. The number of thioether (sulfide) groups is 1. The Morgan fingerprint density at radius 3 is 3.12 bits per heavy atom. The Morgan fingerprint density at radius 1 is 1.42 bits per heavy atom. The van der Waals surface area contributed by atoms with Crippen LogP contribution in [0.25, 0.3) is 0 Å². The molecule has 0 unspecified atom stereocenters. The molecule has 26 heavy (non-hydrogen) atoms. The number of anilines is 2. The van der Waals surface area contributed by atoms with E-state index in [4.69, 9.17) is 4.74 Å². The second-order valence-corrected chi connectivity index (χ2v) is 8.36. The second-order valence-electron chi connectivity index (χ2n) is 6.16. The number of nitrogens with one attached hydrogen (secondary N) is 1. The first kappa shape index (κ1) is 19.0. The molecule has 3 rings (SSSR count). The van der Waals surface area contributed by atoms with Gasteiger partial charge in [0.2, 0.25) is 11.0 Å². The minimum atomic E-state index is 0.207. The highest BCUT2D eigenvalue weighted by Gasteiger charge is 2.25. The third-order valence-corrected chi connectivity index (χ3v) is 6.42. The predicted octanol–water partition coefficient (Wildman–Crippen LogP) is 4.17. The summed E-state index contributed by atoms with van der Waals surface area (Å²) in [6.07, 6.45) is 4.50. The first-order chi connectivity index (χ1) is 12.7. The highest BCUT2D eigenvalue weighted by molar-refractivity contribution is 8.01. The van der Waals surface area contributed by atoms with Crippen LogP contribution in [-0.2, 0) is 4.79 Å². The maximum absolute atomic E-state index is 12.5. The van der Waals surface area contributed by atoms with Crippen molar-refractivity contribution in [1.82, 2.24) is 15.1 Å². The molecule has 1 saturated heterocycles. The molecule has 0 bridgehead atoms. The van der Waals surface area contributed by atoms with Crippen molar-refractivity contribution < 1.29 is 9.53 Å². The number of piperidine rings is 1. The van der Waals surface area contributed by atoms with Crippen LogP contribution in [0.1, 0.15) is 32.6 Å². The van der Waals surface area contributed by atoms with Gasteiger partial charge in [0, 0.05) is 24.3 Å². The normalized spacial score (nSPS) is 17.2. The molecule has 0 spiro atoms. The summed E-state index contributed by atoms with van der Waals surface area (Å²) in [6.45, 7) is 3.04. The lowest BCUT2D eigenvalue weighted by Crippen LogP contribution is -2.44. The highest BCUT2D eigenvalue weighted by Crippen LogP contribution is 2.29. The molecule has 0 aliphatic carbocycles. The smallest absolute Gasteiger partial charge is 0.233 e. The SMILES string of the molecule is CC[C@H]1CCCCN1C(=O)CSc1nnc(Nc2cccc(OC)c2)s1. The number of aromatic nitrogens is 2. The summed E-state index contributed by atoms with van der Waals surface area (Å²) >= 11 is 2.92. The zero-order valence-electron chi connectivity index (χ0n) is 15.1. The van der Waals surface area contributed by atoms with Crippen molar-refractivity contribution in [2.24, 2.45) is 0 Å². The van der Waals surface area contributed by atoms with Crippen molar-refractivity contribution >= 4 is 39.8 Å². The standard InChI is InChI=1S/C18H24N4O2S2/c1-3-14-8-4-5-10-22(14)16(23)12-25-18-21-20-17(26-18)19-13-7-6-9-15(11-13)24-2/h6-7,9,11,14H,3-5,8,10,12H2,1-2H3,(H,19,20)/t14-/m0/s1. The third kappa shape index (κ3) is 4.88. The van der Waals surface area contributed by atoms with E-state index < -0.39 is 0 Å². The Bertz CT molecular complexity index is 737.